The van der Waals surface area contributed by atoms with Gasteiger partial charge in [0, 0.05) is 12.6 Å². The van der Waals surface area contributed by atoms with Crippen LogP contribution in [0.5, 0.6) is 0 Å². The molecule has 0 spiro atoms. The molecule has 16 heavy (non-hydrogen) atoms. The number of likely N-dealkylation sites (tertiary alicyclic amines) is 1. The molecule has 3 heteroatoms. The lowest BCUT2D eigenvalue weighted by Gasteiger charge is -2.18. The zero-order valence-corrected chi connectivity index (χ0v) is 10.6. The molecule has 2 aliphatic rings. The zero-order valence-electron chi connectivity index (χ0n) is 10.6. The van der Waals surface area contributed by atoms with E-state index in [1.54, 1.807) is 0 Å². The van der Waals surface area contributed by atoms with Crippen molar-refractivity contribution >= 4 is 0 Å². The first-order chi connectivity index (χ1) is 7.84. The monoisotopic (exact) mass is 226 g/mol. The molecule has 0 bridgehead atoms. The molecule has 2 heterocycles. The fourth-order valence-corrected chi connectivity index (χ4v) is 2.76. The molecule has 2 aliphatic heterocycles. The van der Waals surface area contributed by atoms with Crippen LogP contribution in [0, 0.1) is 0 Å². The van der Waals surface area contributed by atoms with Crippen molar-refractivity contribution in [1.29, 1.82) is 0 Å². The summed E-state index contributed by atoms with van der Waals surface area (Å²) in [6, 6.07) is 0.742. The van der Waals surface area contributed by atoms with Gasteiger partial charge in [-0.2, -0.15) is 0 Å². The second-order valence-electron chi connectivity index (χ2n) is 5.31. The predicted octanol–water partition coefficient (Wildman–Crippen LogP) is 1.63. The van der Waals surface area contributed by atoms with Crippen LogP contribution in [0.4, 0.5) is 0 Å². The fraction of sp³-hybridized carbons (Fsp3) is 1.00. The van der Waals surface area contributed by atoms with E-state index in [-0.39, 0.29) is 0 Å². The molecular formula is C13H26N2O. The Balaban J connectivity index is 1.57. The number of hydrogen-bond acceptors (Lipinski definition) is 3. The van der Waals surface area contributed by atoms with Crippen LogP contribution in [0.25, 0.3) is 0 Å². The van der Waals surface area contributed by atoms with E-state index in [0.29, 0.717) is 6.10 Å². The summed E-state index contributed by atoms with van der Waals surface area (Å²) < 4.78 is 5.64. The lowest BCUT2D eigenvalue weighted by atomic mass is 10.1. The molecule has 0 radical (unpaired) electrons. The Labute approximate surface area is 99.5 Å². The first-order valence-corrected chi connectivity index (χ1v) is 6.88. The third-order valence-corrected chi connectivity index (χ3v) is 3.88. The van der Waals surface area contributed by atoms with E-state index in [1.807, 2.05) is 0 Å². The van der Waals surface area contributed by atoms with Gasteiger partial charge >= 0.3 is 0 Å². The van der Waals surface area contributed by atoms with Gasteiger partial charge in [0.25, 0.3) is 0 Å². The Morgan fingerprint density at radius 1 is 1.19 bits per heavy atom. The molecule has 0 aromatic heterocycles. The predicted molar refractivity (Wildman–Crippen MR) is 66.7 cm³/mol. The highest BCUT2D eigenvalue weighted by Gasteiger charge is 2.17. The zero-order chi connectivity index (χ0) is 11.2. The minimum Gasteiger partial charge on any atom is -0.378 e. The molecule has 2 atom stereocenters. The molecule has 2 unspecified atom stereocenters. The number of ether oxygens (including phenoxy) is 1. The van der Waals surface area contributed by atoms with E-state index < -0.39 is 0 Å². The third kappa shape index (κ3) is 4.04. The lowest BCUT2D eigenvalue weighted by molar-refractivity contribution is 0.103. The Kier molecular flexibility index (Phi) is 5.07. The van der Waals surface area contributed by atoms with Crippen LogP contribution in [-0.4, -0.2) is 50.3 Å². The number of hydrogen-bond donors (Lipinski definition) is 1. The molecule has 0 aliphatic carbocycles. The van der Waals surface area contributed by atoms with Crippen molar-refractivity contribution in [3.05, 3.63) is 0 Å². The van der Waals surface area contributed by atoms with Gasteiger partial charge in [0.05, 0.1) is 6.10 Å². The Hall–Kier alpha value is -0.120. The van der Waals surface area contributed by atoms with Crippen molar-refractivity contribution in [3.8, 4) is 0 Å². The van der Waals surface area contributed by atoms with E-state index in [1.165, 1.54) is 51.6 Å². The molecule has 0 saturated carbocycles. The maximum Gasteiger partial charge on any atom is 0.0588 e. The molecule has 2 fully saturated rings. The summed E-state index contributed by atoms with van der Waals surface area (Å²) >= 11 is 0. The largest absolute Gasteiger partial charge is 0.378 e. The van der Waals surface area contributed by atoms with Crippen LogP contribution < -0.4 is 5.32 Å². The maximum atomic E-state index is 5.64. The molecule has 3 nitrogen and oxygen atoms in total. The highest BCUT2D eigenvalue weighted by atomic mass is 16.5. The first-order valence-electron chi connectivity index (χ1n) is 6.88. The summed E-state index contributed by atoms with van der Waals surface area (Å²) in [5, 5.41) is 3.70. The standard InChI is InChI=1S/C13H26N2O/c1-15-9-2-4-12(7-10-15)14-8-6-13-5-3-11-16-13/h12-14H,2-11H2,1H3. The van der Waals surface area contributed by atoms with Crippen LogP contribution >= 0.6 is 0 Å². The molecule has 1 N–H and O–H groups in total. The highest BCUT2D eigenvalue weighted by Crippen LogP contribution is 2.15. The molecule has 2 rings (SSSR count). The van der Waals surface area contributed by atoms with Crippen molar-refractivity contribution in [3.63, 3.8) is 0 Å². The van der Waals surface area contributed by atoms with Crippen molar-refractivity contribution < 1.29 is 4.74 Å². The normalized spacial score (nSPS) is 32.8. The van der Waals surface area contributed by atoms with Gasteiger partial charge in [-0.25, -0.2) is 0 Å². The van der Waals surface area contributed by atoms with Crippen LogP contribution in [0.15, 0.2) is 0 Å². The van der Waals surface area contributed by atoms with E-state index in [0.717, 1.165) is 19.2 Å². The van der Waals surface area contributed by atoms with Gasteiger partial charge in [0.15, 0.2) is 0 Å². The maximum absolute atomic E-state index is 5.64. The lowest BCUT2D eigenvalue weighted by Crippen LogP contribution is -2.32. The van der Waals surface area contributed by atoms with Gasteiger partial charge in [0.2, 0.25) is 0 Å². The Morgan fingerprint density at radius 2 is 2.12 bits per heavy atom. The topological polar surface area (TPSA) is 24.5 Å². The quantitative estimate of drug-likeness (QED) is 0.788. The van der Waals surface area contributed by atoms with E-state index in [4.69, 9.17) is 4.74 Å². The van der Waals surface area contributed by atoms with Gasteiger partial charge in [-0.3, -0.25) is 0 Å². The van der Waals surface area contributed by atoms with Gasteiger partial charge in [-0.05, 0) is 65.2 Å². The van der Waals surface area contributed by atoms with Crippen LogP contribution in [0.2, 0.25) is 0 Å². The van der Waals surface area contributed by atoms with Gasteiger partial charge in [0.1, 0.15) is 0 Å². The SMILES string of the molecule is CN1CCCC(NCCC2CCCO2)CC1. The summed E-state index contributed by atoms with van der Waals surface area (Å²) in [5.41, 5.74) is 0. The average Bonchev–Trinajstić information content (AvgIpc) is 2.70. The number of nitrogens with one attached hydrogen (secondary N) is 1. The third-order valence-electron chi connectivity index (χ3n) is 3.88. The summed E-state index contributed by atoms with van der Waals surface area (Å²) in [6.45, 7) is 4.64. The second-order valence-corrected chi connectivity index (χ2v) is 5.31. The minimum absolute atomic E-state index is 0.543. The van der Waals surface area contributed by atoms with Crippen LogP contribution in [0.3, 0.4) is 0 Å². The fourth-order valence-electron chi connectivity index (χ4n) is 2.76. The summed E-state index contributed by atoms with van der Waals surface area (Å²) in [7, 11) is 2.23. The molecule has 94 valence electrons. The Morgan fingerprint density at radius 3 is 2.94 bits per heavy atom. The average molecular weight is 226 g/mol. The van der Waals surface area contributed by atoms with Crippen molar-refractivity contribution in [2.75, 3.05) is 33.3 Å². The first kappa shape index (κ1) is 12.3. The molecule has 2 saturated heterocycles. The minimum atomic E-state index is 0.543. The molecule has 0 aromatic carbocycles. The van der Waals surface area contributed by atoms with Gasteiger partial charge in [-0.1, -0.05) is 0 Å². The van der Waals surface area contributed by atoms with Crippen LogP contribution in [-0.2, 0) is 4.74 Å². The van der Waals surface area contributed by atoms with Crippen molar-refractivity contribution in [2.45, 2.75) is 50.7 Å². The Bertz CT molecular complexity index is 192. The van der Waals surface area contributed by atoms with E-state index in [9.17, 15) is 0 Å². The highest BCUT2D eigenvalue weighted by molar-refractivity contribution is 4.74. The molecule has 0 amide bonds. The number of nitrogens with zero attached hydrogens (tertiary/aromatic N) is 1. The summed E-state index contributed by atoms with van der Waals surface area (Å²) in [4.78, 5) is 2.45. The van der Waals surface area contributed by atoms with Crippen molar-refractivity contribution in [1.82, 2.24) is 10.2 Å². The van der Waals surface area contributed by atoms with E-state index in [2.05, 4.69) is 17.3 Å². The van der Waals surface area contributed by atoms with Gasteiger partial charge in [-0.15, -0.1) is 0 Å². The van der Waals surface area contributed by atoms with Gasteiger partial charge < -0.3 is 15.0 Å². The molecular weight excluding hydrogens is 200 g/mol. The van der Waals surface area contributed by atoms with E-state index >= 15 is 0 Å². The summed E-state index contributed by atoms with van der Waals surface area (Å²) in [5.74, 6) is 0. The smallest absolute Gasteiger partial charge is 0.0588 e. The van der Waals surface area contributed by atoms with Crippen LogP contribution in [0.1, 0.15) is 38.5 Å². The summed E-state index contributed by atoms with van der Waals surface area (Å²) in [6.07, 6.45) is 8.27. The van der Waals surface area contributed by atoms with Crippen molar-refractivity contribution in [2.24, 2.45) is 0 Å². The number of rotatable bonds is 4. The molecule has 0 aromatic rings. The second kappa shape index (κ2) is 6.58.